The summed E-state index contributed by atoms with van der Waals surface area (Å²) in [4.78, 5) is 58.6. The van der Waals surface area contributed by atoms with Crippen LogP contribution in [-0.2, 0) is 27.2 Å². The molecule has 12 nitrogen and oxygen atoms in total. The molecule has 0 radical (unpaired) electrons. The number of carbonyl (C=O) groups is 3. The Kier molecular flexibility index (Phi) is 10.8. The SMILES string of the molecule is CC(=O)Nc1sc2c(c1-c1nc3cnccc3s1)CC(C)N(C(=O)OC(C)(C)C)C2C.CC(=O)Nc1sc2c(c1-c1nc3cnccc3s1)CC(C)NC2C. The van der Waals surface area contributed by atoms with Crippen LogP contribution in [0.25, 0.3) is 41.6 Å². The molecule has 0 saturated carbocycles. The number of carbonyl (C=O) groups excluding carboxylic acids is 3. The highest BCUT2D eigenvalue weighted by molar-refractivity contribution is 7.23. The molecule has 3 amide bonds. The van der Waals surface area contributed by atoms with Crippen LogP contribution in [0.5, 0.6) is 0 Å². The lowest BCUT2D eigenvalue weighted by molar-refractivity contribution is -0.115. The summed E-state index contributed by atoms with van der Waals surface area (Å²) in [6, 6.07) is 4.40. The second kappa shape index (κ2) is 15.3. The predicted octanol–water partition coefficient (Wildman–Crippen LogP) is 9.59. The van der Waals surface area contributed by atoms with Crippen molar-refractivity contribution in [2.24, 2.45) is 0 Å². The molecule has 6 aromatic heterocycles. The molecule has 0 fully saturated rings. The van der Waals surface area contributed by atoms with Crippen LogP contribution >= 0.6 is 45.3 Å². The van der Waals surface area contributed by atoms with E-state index in [1.54, 1.807) is 70.6 Å². The van der Waals surface area contributed by atoms with Gasteiger partial charge in [-0.3, -0.25) is 24.5 Å². The number of amides is 3. The molecule has 2 aliphatic heterocycles. The van der Waals surface area contributed by atoms with Crippen molar-refractivity contribution in [1.29, 1.82) is 0 Å². The molecule has 8 rings (SSSR count). The molecular formula is C39H44N8O4S4. The van der Waals surface area contributed by atoms with Crippen molar-refractivity contribution in [2.45, 2.75) is 105 Å². The van der Waals surface area contributed by atoms with Gasteiger partial charge < -0.3 is 20.7 Å². The summed E-state index contributed by atoms with van der Waals surface area (Å²) in [7, 11) is 0. The molecule has 6 aromatic rings. The van der Waals surface area contributed by atoms with Crippen molar-refractivity contribution in [3.63, 3.8) is 0 Å². The van der Waals surface area contributed by atoms with Crippen LogP contribution in [-0.4, -0.2) is 60.4 Å². The summed E-state index contributed by atoms with van der Waals surface area (Å²) < 4.78 is 7.83. The fourth-order valence-corrected chi connectivity index (χ4v) is 12.0. The fraction of sp³-hybridized carbons (Fsp3) is 0.410. The van der Waals surface area contributed by atoms with E-state index < -0.39 is 5.60 Å². The van der Waals surface area contributed by atoms with Gasteiger partial charge in [-0.25, -0.2) is 14.8 Å². The van der Waals surface area contributed by atoms with E-state index in [1.807, 2.05) is 46.8 Å². The van der Waals surface area contributed by atoms with Gasteiger partial charge >= 0.3 is 6.09 Å². The number of anilines is 2. The third-order valence-electron chi connectivity index (χ3n) is 9.28. The average molecular weight is 817 g/mol. The molecule has 4 unspecified atom stereocenters. The topological polar surface area (TPSA) is 151 Å². The Bertz CT molecular complexity index is 2360. The second-order valence-electron chi connectivity index (χ2n) is 15.0. The summed E-state index contributed by atoms with van der Waals surface area (Å²) in [6.45, 7) is 17.1. The first-order chi connectivity index (χ1) is 26.1. The number of nitrogens with zero attached hydrogens (tertiary/aromatic N) is 5. The molecule has 0 spiro atoms. The van der Waals surface area contributed by atoms with E-state index in [9.17, 15) is 14.4 Å². The van der Waals surface area contributed by atoms with Crippen LogP contribution in [0.2, 0.25) is 0 Å². The number of thiophene rings is 2. The van der Waals surface area contributed by atoms with Gasteiger partial charge in [0.1, 0.15) is 36.7 Å². The third kappa shape index (κ3) is 8.01. The zero-order valence-electron chi connectivity index (χ0n) is 32.2. The first-order valence-corrected chi connectivity index (χ1v) is 21.4. The zero-order chi connectivity index (χ0) is 39.3. The lowest BCUT2D eigenvalue weighted by atomic mass is 9.93. The molecule has 55 heavy (non-hydrogen) atoms. The van der Waals surface area contributed by atoms with Crippen molar-refractivity contribution in [1.82, 2.24) is 30.2 Å². The quantitative estimate of drug-likeness (QED) is 0.158. The van der Waals surface area contributed by atoms with Gasteiger partial charge in [0.15, 0.2) is 0 Å². The smallest absolute Gasteiger partial charge is 0.411 e. The molecule has 8 heterocycles. The third-order valence-corrected chi connectivity index (χ3v) is 14.0. The Morgan fingerprint density at radius 1 is 0.782 bits per heavy atom. The molecule has 0 aromatic carbocycles. The summed E-state index contributed by atoms with van der Waals surface area (Å²) in [5.74, 6) is -0.182. The normalized spacial score (nSPS) is 19.3. The Hall–Kier alpha value is -4.35. The zero-order valence-corrected chi connectivity index (χ0v) is 35.5. The van der Waals surface area contributed by atoms with Gasteiger partial charge in [0, 0.05) is 65.2 Å². The molecule has 0 bridgehead atoms. The number of nitrogens with one attached hydrogen (secondary N) is 3. The molecule has 2 aliphatic rings. The first-order valence-electron chi connectivity index (χ1n) is 18.1. The predicted molar refractivity (Wildman–Crippen MR) is 224 cm³/mol. The number of hydrogen-bond acceptors (Lipinski definition) is 13. The van der Waals surface area contributed by atoms with Crippen molar-refractivity contribution >= 4 is 93.7 Å². The number of aromatic nitrogens is 4. The van der Waals surface area contributed by atoms with Crippen LogP contribution < -0.4 is 16.0 Å². The van der Waals surface area contributed by atoms with E-state index in [-0.39, 0.29) is 36.0 Å². The number of pyridine rings is 2. The monoisotopic (exact) mass is 816 g/mol. The number of rotatable bonds is 4. The second-order valence-corrected chi connectivity index (χ2v) is 19.2. The molecule has 0 aliphatic carbocycles. The number of ether oxygens (including phenoxy) is 1. The van der Waals surface area contributed by atoms with Crippen LogP contribution in [0, 0.1) is 0 Å². The summed E-state index contributed by atoms with van der Waals surface area (Å²) in [5, 5.41) is 13.1. The minimum absolute atomic E-state index is 0.0491. The molecule has 16 heteroatoms. The largest absolute Gasteiger partial charge is 0.444 e. The minimum Gasteiger partial charge on any atom is -0.444 e. The van der Waals surface area contributed by atoms with Gasteiger partial charge in [0.2, 0.25) is 11.8 Å². The molecule has 0 saturated heterocycles. The summed E-state index contributed by atoms with van der Waals surface area (Å²) >= 11 is 6.42. The maximum absolute atomic E-state index is 12.9. The summed E-state index contributed by atoms with van der Waals surface area (Å²) in [6.07, 6.45) is 8.37. The molecule has 4 atom stereocenters. The van der Waals surface area contributed by atoms with Crippen LogP contribution in [0.1, 0.15) is 95.3 Å². The average Bonchev–Trinajstić information content (AvgIpc) is 3.86. The maximum Gasteiger partial charge on any atom is 0.411 e. The minimum atomic E-state index is -0.562. The molecule has 3 N–H and O–H groups in total. The van der Waals surface area contributed by atoms with Crippen molar-refractivity contribution < 1.29 is 19.1 Å². The number of thiazole rings is 2. The van der Waals surface area contributed by atoms with Gasteiger partial charge in [0.25, 0.3) is 0 Å². The van der Waals surface area contributed by atoms with Gasteiger partial charge in [-0.2, -0.15) is 0 Å². The van der Waals surface area contributed by atoms with Crippen LogP contribution in [0.15, 0.2) is 36.9 Å². The van der Waals surface area contributed by atoms with E-state index in [2.05, 4.69) is 39.8 Å². The highest BCUT2D eigenvalue weighted by Crippen LogP contribution is 2.50. The van der Waals surface area contributed by atoms with Crippen LogP contribution in [0.3, 0.4) is 0 Å². The van der Waals surface area contributed by atoms with E-state index in [0.29, 0.717) is 12.5 Å². The van der Waals surface area contributed by atoms with Crippen LogP contribution in [0.4, 0.5) is 14.8 Å². The Morgan fingerprint density at radius 3 is 1.78 bits per heavy atom. The lowest BCUT2D eigenvalue weighted by Gasteiger charge is -2.39. The van der Waals surface area contributed by atoms with Crippen molar-refractivity contribution in [3.05, 3.63) is 57.8 Å². The highest BCUT2D eigenvalue weighted by Gasteiger charge is 2.39. The highest BCUT2D eigenvalue weighted by atomic mass is 32.1. The van der Waals surface area contributed by atoms with Crippen molar-refractivity contribution in [2.75, 3.05) is 10.6 Å². The first kappa shape index (κ1) is 38.9. The Balaban J connectivity index is 0.000000174. The van der Waals surface area contributed by atoms with Gasteiger partial charge in [0.05, 0.1) is 27.8 Å². The van der Waals surface area contributed by atoms with E-state index >= 15 is 0 Å². The van der Waals surface area contributed by atoms with E-state index in [0.717, 1.165) is 68.4 Å². The van der Waals surface area contributed by atoms with E-state index in [1.165, 1.54) is 28.7 Å². The van der Waals surface area contributed by atoms with Gasteiger partial charge in [-0.15, -0.1) is 45.3 Å². The molecular weight excluding hydrogens is 773 g/mol. The fourth-order valence-electron chi connectivity index (χ4n) is 7.20. The standard InChI is InChI=1S/C22H26N4O3S2.C17H18N4OS2/c1-11-9-14-17(20-25-15-10-23-8-7-16(15)30-20)19(24-13(3)27)31-18(14)12(2)26(11)21(28)29-22(4,5)6;1-8-6-11-14(17-21-12-7-18-5-4-13(12)23-17)16(20-10(3)22)24-15(11)9(2)19-8/h7-8,10-12H,9H2,1-6H3,(H,24,27);4-5,7-9,19H,6H2,1-3H3,(H,20,22). The molecule has 288 valence electrons. The Labute approximate surface area is 335 Å². The van der Waals surface area contributed by atoms with Gasteiger partial charge in [-0.1, -0.05) is 0 Å². The lowest BCUT2D eigenvalue weighted by Crippen LogP contribution is -2.46. The number of fused-ring (bicyclic) bond motifs is 4. The number of hydrogen-bond donors (Lipinski definition) is 3. The summed E-state index contributed by atoms with van der Waals surface area (Å²) in [5.41, 5.74) is 5.68. The maximum atomic E-state index is 12.9. The van der Waals surface area contributed by atoms with Crippen molar-refractivity contribution in [3.8, 4) is 21.1 Å². The van der Waals surface area contributed by atoms with Gasteiger partial charge in [-0.05, 0) is 84.6 Å². The van der Waals surface area contributed by atoms with E-state index in [4.69, 9.17) is 14.7 Å². The Morgan fingerprint density at radius 2 is 1.29 bits per heavy atom.